The van der Waals surface area contributed by atoms with Gasteiger partial charge in [-0.1, -0.05) is 6.58 Å². The number of anilines is 1. The van der Waals surface area contributed by atoms with E-state index in [1.165, 1.54) is 4.90 Å². The molecule has 0 bridgehead atoms. The zero-order chi connectivity index (χ0) is 13.4. The number of halogens is 1. The van der Waals surface area contributed by atoms with E-state index in [0.717, 1.165) is 5.39 Å². The lowest BCUT2D eigenvalue weighted by molar-refractivity contribution is 0.182. The fourth-order valence-electron chi connectivity index (χ4n) is 1.89. The molecule has 0 spiro atoms. The Morgan fingerprint density at radius 2 is 2.32 bits per heavy atom. The molecule has 2 aromatic rings. The predicted octanol–water partition coefficient (Wildman–Crippen LogP) is 2.91. The zero-order valence-electron chi connectivity index (χ0n) is 9.76. The smallest absolute Gasteiger partial charge is 0.419 e. The maximum atomic E-state index is 11.7. The summed E-state index contributed by atoms with van der Waals surface area (Å²) in [6.45, 7) is 3.72. The van der Waals surface area contributed by atoms with Crippen LogP contribution >= 0.6 is 11.6 Å². The van der Waals surface area contributed by atoms with Crippen LogP contribution < -0.4 is 4.90 Å². The number of carbonyl (C=O) groups excluding carboxylic acids is 1. The lowest BCUT2D eigenvalue weighted by atomic mass is 10.2. The molecular weight excluding hydrogens is 266 g/mol. The lowest BCUT2D eigenvalue weighted by Crippen LogP contribution is -2.21. The van der Waals surface area contributed by atoms with E-state index >= 15 is 0 Å². The van der Waals surface area contributed by atoms with E-state index in [2.05, 4.69) is 22.3 Å². The first-order valence-corrected chi connectivity index (χ1v) is 5.85. The number of nitrogens with zero attached hydrogens (tertiary/aromatic N) is 3. The Balaban J connectivity index is 2.15. The SMILES string of the molecule is C=C=C1COC(=O)N1c1ccc2cnc(Cl)nc2c1. The van der Waals surface area contributed by atoms with Gasteiger partial charge in [0.25, 0.3) is 0 Å². The number of benzene rings is 1. The van der Waals surface area contributed by atoms with Crippen LogP contribution in [0.2, 0.25) is 5.28 Å². The summed E-state index contributed by atoms with van der Waals surface area (Å²) in [6, 6.07) is 5.34. The second kappa shape index (κ2) is 4.39. The van der Waals surface area contributed by atoms with Crippen LogP contribution in [0, 0.1) is 0 Å². The Morgan fingerprint density at radius 3 is 3.11 bits per heavy atom. The number of rotatable bonds is 1. The molecule has 2 heterocycles. The van der Waals surface area contributed by atoms with Gasteiger partial charge in [0, 0.05) is 11.6 Å². The van der Waals surface area contributed by atoms with E-state index < -0.39 is 6.09 Å². The van der Waals surface area contributed by atoms with Crippen molar-refractivity contribution >= 4 is 34.3 Å². The summed E-state index contributed by atoms with van der Waals surface area (Å²) in [5, 5.41) is 0.998. The average Bonchev–Trinajstić information content (AvgIpc) is 2.79. The standard InChI is InChI=1S/C13H8ClN3O2/c1-2-9-7-19-13(18)17(9)10-4-3-8-6-15-12(14)16-11(8)5-10/h3-6H,1,7H2. The van der Waals surface area contributed by atoms with Crippen molar-refractivity contribution in [2.45, 2.75) is 0 Å². The molecule has 1 fully saturated rings. The number of fused-ring (bicyclic) bond motifs is 1. The van der Waals surface area contributed by atoms with E-state index in [-0.39, 0.29) is 11.9 Å². The third-order valence-corrected chi connectivity index (χ3v) is 2.97. The largest absolute Gasteiger partial charge is 0.442 e. The first-order chi connectivity index (χ1) is 9.19. The van der Waals surface area contributed by atoms with Gasteiger partial charge < -0.3 is 4.74 Å². The lowest BCUT2D eigenvalue weighted by Gasteiger charge is -2.13. The van der Waals surface area contributed by atoms with Gasteiger partial charge in [-0.25, -0.2) is 19.7 Å². The van der Waals surface area contributed by atoms with Crippen LogP contribution in [0.3, 0.4) is 0 Å². The highest BCUT2D eigenvalue weighted by Crippen LogP contribution is 2.27. The van der Waals surface area contributed by atoms with E-state index in [1.54, 1.807) is 18.3 Å². The maximum absolute atomic E-state index is 11.7. The van der Waals surface area contributed by atoms with Gasteiger partial charge in [0.05, 0.1) is 11.2 Å². The Morgan fingerprint density at radius 1 is 1.47 bits per heavy atom. The summed E-state index contributed by atoms with van der Waals surface area (Å²) in [7, 11) is 0. The van der Waals surface area contributed by atoms with Gasteiger partial charge >= 0.3 is 6.09 Å². The molecular formula is C13H8ClN3O2. The van der Waals surface area contributed by atoms with Crippen LogP contribution in [0.1, 0.15) is 0 Å². The Labute approximate surface area is 113 Å². The predicted molar refractivity (Wildman–Crippen MR) is 71.0 cm³/mol. The minimum Gasteiger partial charge on any atom is -0.442 e. The van der Waals surface area contributed by atoms with E-state index in [1.807, 2.05) is 6.07 Å². The van der Waals surface area contributed by atoms with Crippen LogP contribution in [-0.2, 0) is 4.74 Å². The quantitative estimate of drug-likeness (QED) is 0.592. The van der Waals surface area contributed by atoms with Crippen molar-refractivity contribution in [2.24, 2.45) is 0 Å². The molecule has 1 saturated heterocycles. The van der Waals surface area contributed by atoms with Crippen LogP contribution in [0.25, 0.3) is 10.9 Å². The van der Waals surface area contributed by atoms with Crippen molar-refractivity contribution in [3.63, 3.8) is 0 Å². The van der Waals surface area contributed by atoms with Gasteiger partial charge in [-0.3, -0.25) is 0 Å². The van der Waals surface area contributed by atoms with Crippen molar-refractivity contribution in [3.05, 3.63) is 47.7 Å². The van der Waals surface area contributed by atoms with Gasteiger partial charge in [0.2, 0.25) is 5.28 Å². The summed E-state index contributed by atoms with van der Waals surface area (Å²) in [6.07, 6.45) is 1.17. The summed E-state index contributed by atoms with van der Waals surface area (Å²) in [5.41, 5.74) is 4.55. The van der Waals surface area contributed by atoms with Crippen molar-refractivity contribution in [3.8, 4) is 0 Å². The molecule has 6 heteroatoms. The highest BCUT2D eigenvalue weighted by Gasteiger charge is 2.29. The average molecular weight is 274 g/mol. The first-order valence-electron chi connectivity index (χ1n) is 5.47. The fraction of sp³-hybridized carbons (Fsp3) is 0.0769. The number of cyclic esters (lactones) is 1. The number of carbonyl (C=O) groups is 1. The molecule has 0 unspecified atom stereocenters. The number of ether oxygens (including phenoxy) is 1. The fourth-order valence-corrected chi connectivity index (χ4v) is 2.03. The van der Waals surface area contributed by atoms with Crippen LogP contribution in [0.5, 0.6) is 0 Å². The molecule has 1 aromatic heterocycles. The van der Waals surface area contributed by atoms with E-state index in [0.29, 0.717) is 16.9 Å². The number of aromatic nitrogens is 2. The van der Waals surface area contributed by atoms with Gasteiger partial charge in [-0.15, -0.1) is 5.73 Å². The molecule has 3 rings (SSSR count). The van der Waals surface area contributed by atoms with Gasteiger partial charge in [0.1, 0.15) is 12.3 Å². The van der Waals surface area contributed by atoms with Crippen molar-refractivity contribution in [2.75, 3.05) is 11.5 Å². The van der Waals surface area contributed by atoms with Gasteiger partial charge in [0.15, 0.2) is 0 Å². The Hall–Kier alpha value is -2.36. The second-order valence-corrected chi connectivity index (χ2v) is 4.23. The van der Waals surface area contributed by atoms with Crippen LogP contribution in [0.4, 0.5) is 10.5 Å². The Kier molecular flexibility index (Phi) is 2.71. The number of amides is 1. The van der Waals surface area contributed by atoms with Crippen molar-refractivity contribution in [1.82, 2.24) is 9.97 Å². The second-order valence-electron chi connectivity index (χ2n) is 3.90. The number of hydrogen-bond acceptors (Lipinski definition) is 4. The molecule has 1 aliphatic heterocycles. The molecule has 1 amide bonds. The van der Waals surface area contributed by atoms with Crippen LogP contribution in [0.15, 0.2) is 42.4 Å². The van der Waals surface area contributed by atoms with Crippen LogP contribution in [-0.4, -0.2) is 22.7 Å². The summed E-state index contributed by atoms with van der Waals surface area (Å²) < 4.78 is 4.95. The highest BCUT2D eigenvalue weighted by molar-refractivity contribution is 6.28. The summed E-state index contributed by atoms with van der Waals surface area (Å²) in [4.78, 5) is 21.1. The third-order valence-electron chi connectivity index (χ3n) is 2.78. The maximum Gasteiger partial charge on any atom is 0.419 e. The van der Waals surface area contributed by atoms with Crippen molar-refractivity contribution in [1.29, 1.82) is 0 Å². The number of hydrogen-bond donors (Lipinski definition) is 0. The summed E-state index contributed by atoms with van der Waals surface area (Å²) >= 11 is 5.76. The molecule has 5 nitrogen and oxygen atoms in total. The normalized spacial score (nSPS) is 14.7. The van der Waals surface area contributed by atoms with E-state index in [4.69, 9.17) is 16.3 Å². The van der Waals surface area contributed by atoms with Gasteiger partial charge in [-0.05, 0) is 29.8 Å². The van der Waals surface area contributed by atoms with E-state index in [9.17, 15) is 4.79 Å². The molecule has 0 N–H and O–H groups in total. The molecule has 0 radical (unpaired) electrons. The third kappa shape index (κ3) is 1.95. The Bertz CT molecular complexity index is 738. The summed E-state index contributed by atoms with van der Waals surface area (Å²) in [5.74, 6) is 0. The monoisotopic (exact) mass is 273 g/mol. The first kappa shape index (κ1) is 11.7. The van der Waals surface area contributed by atoms with Crippen molar-refractivity contribution < 1.29 is 9.53 Å². The molecule has 1 aliphatic rings. The molecule has 0 saturated carbocycles. The molecule has 94 valence electrons. The molecule has 1 aromatic carbocycles. The molecule has 0 atom stereocenters. The minimum atomic E-state index is -0.453. The topological polar surface area (TPSA) is 55.3 Å². The van der Waals surface area contributed by atoms with Gasteiger partial charge in [-0.2, -0.15) is 0 Å². The minimum absolute atomic E-state index is 0.160. The molecule has 0 aliphatic carbocycles. The molecule has 19 heavy (non-hydrogen) atoms. The zero-order valence-corrected chi connectivity index (χ0v) is 10.5. The highest BCUT2D eigenvalue weighted by atomic mass is 35.5.